The van der Waals surface area contributed by atoms with Crippen molar-refractivity contribution in [2.45, 2.75) is 31.3 Å². The van der Waals surface area contributed by atoms with E-state index >= 15 is 0 Å². The molecule has 1 heterocycles. The second-order valence-electron chi connectivity index (χ2n) is 7.45. The molecule has 0 atom stereocenters. The highest BCUT2D eigenvalue weighted by atomic mass is 79.9. The number of benzene rings is 2. The van der Waals surface area contributed by atoms with Crippen LogP contribution >= 0.6 is 15.9 Å². The molecule has 4 rings (SSSR count). The lowest BCUT2D eigenvalue weighted by atomic mass is 10.0. The first kappa shape index (κ1) is 20.2. The second kappa shape index (κ2) is 8.31. The van der Waals surface area contributed by atoms with Crippen molar-refractivity contribution < 1.29 is 14.4 Å². The van der Waals surface area contributed by atoms with Gasteiger partial charge in [0.1, 0.15) is 5.66 Å². The summed E-state index contributed by atoms with van der Waals surface area (Å²) in [5.74, 6) is -1.02. The minimum Gasteiger partial charge on any atom is -0.362 e. The normalized spacial score (nSPS) is 16.6. The monoisotopic (exact) mass is 468 g/mol. The van der Waals surface area contributed by atoms with Crippen molar-refractivity contribution in [1.82, 2.24) is 5.32 Å². The fraction of sp³-hybridized carbons (Fsp3) is 0.227. The summed E-state index contributed by atoms with van der Waals surface area (Å²) in [6.45, 7) is 0. The summed E-state index contributed by atoms with van der Waals surface area (Å²) in [7, 11) is 0. The Hall–Kier alpha value is -3.13. The Kier molecular flexibility index (Phi) is 5.59. The van der Waals surface area contributed by atoms with Crippen LogP contribution in [-0.4, -0.2) is 23.4 Å². The smallest absolute Gasteiger partial charge is 0.255 e. The Bertz CT molecular complexity index is 1030. The van der Waals surface area contributed by atoms with Crippen LogP contribution in [0.2, 0.25) is 0 Å². The molecular formula is C22H21BrN4O3. The predicted molar refractivity (Wildman–Crippen MR) is 119 cm³/mol. The molecule has 30 heavy (non-hydrogen) atoms. The van der Waals surface area contributed by atoms with Crippen LogP contribution in [0.15, 0.2) is 59.1 Å². The zero-order chi connectivity index (χ0) is 21.1. The number of nitrogens with one attached hydrogen (secondary N) is 4. The maximum atomic E-state index is 12.6. The molecule has 0 unspecified atom stereocenters. The molecule has 1 aliphatic carbocycles. The maximum Gasteiger partial charge on any atom is 0.255 e. The highest BCUT2D eigenvalue weighted by Gasteiger charge is 2.39. The van der Waals surface area contributed by atoms with Gasteiger partial charge in [0.15, 0.2) is 0 Å². The molecule has 1 spiro atoms. The number of rotatable bonds is 4. The fourth-order valence-electron chi connectivity index (χ4n) is 3.77. The molecule has 0 radical (unpaired) electrons. The lowest BCUT2D eigenvalue weighted by Crippen LogP contribution is -2.55. The van der Waals surface area contributed by atoms with Crippen LogP contribution in [0.5, 0.6) is 0 Å². The number of hydrogen-bond donors (Lipinski definition) is 4. The Morgan fingerprint density at radius 2 is 1.50 bits per heavy atom. The minimum atomic E-state index is -0.461. The van der Waals surface area contributed by atoms with Gasteiger partial charge in [-0.1, -0.05) is 15.9 Å². The first-order chi connectivity index (χ1) is 14.4. The third-order valence-corrected chi connectivity index (χ3v) is 5.74. The molecule has 7 nitrogen and oxygen atoms in total. The van der Waals surface area contributed by atoms with Crippen LogP contribution in [0.25, 0.3) is 0 Å². The Morgan fingerprint density at radius 3 is 2.17 bits per heavy atom. The van der Waals surface area contributed by atoms with E-state index in [1.807, 2.05) is 12.1 Å². The molecule has 4 N–H and O–H groups in total. The third kappa shape index (κ3) is 4.54. The number of carbonyl (C=O) groups is 3. The van der Waals surface area contributed by atoms with Crippen LogP contribution in [0.4, 0.5) is 17.1 Å². The average Bonchev–Trinajstić information content (AvgIpc) is 3.16. The summed E-state index contributed by atoms with van der Waals surface area (Å²) in [6, 6.07) is 12.3. The summed E-state index contributed by atoms with van der Waals surface area (Å²) in [6.07, 6.45) is 6.29. The maximum absolute atomic E-state index is 12.6. The van der Waals surface area contributed by atoms with E-state index in [1.165, 1.54) is 0 Å². The van der Waals surface area contributed by atoms with Gasteiger partial charge in [-0.25, -0.2) is 0 Å². The average molecular weight is 469 g/mol. The molecule has 2 aliphatic rings. The summed E-state index contributed by atoms with van der Waals surface area (Å²) >= 11 is 3.33. The van der Waals surface area contributed by atoms with E-state index < -0.39 is 11.8 Å². The first-order valence-electron chi connectivity index (χ1n) is 9.73. The first-order valence-corrected chi connectivity index (χ1v) is 10.5. The van der Waals surface area contributed by atoms with E-state index in [4.69, 9.17) is 0 Å². The molecule has 0 bridgehead atoms. The summed E-state index contributed by atoms with van der Waals surface area (Å²) in [5, 5.41) is 11.8. The number of hydrogen-bond acceptors (Lipinski definition) is 4. The van der Waals surface area contributed by atoms with Crippen LogP contribution < -0.4 is 21.3 Å². The van der Waals surface area contributed by atoms with E-state index in [-0.39, 0.29) is 11.6 Å². The zero-order valence-corrected chi connectivity index (χ0v) is 17.7. The van der Waals surface area contributed by atoms with Crippen LogP contribution in [0.1, 0.15) is 36.0 Å². The lowest BCUT2D eigenvalue weighted by molar-refractivity contribution is -0.114. The van der Waals surface area contributed by atoms with Gasteiger partial charge >= 0.3 is 0 Å². The Morgan fingerprint density at radius 1 is 0.900 bits per heavy atom. The van der Waals surface area contributed by atoms with E-state index in [0.29, 0.717) is 16.9 Å². The van der Waals surface area contributed by atoms with Gasteiger partial charge in [0.25, 0.3) is 5.91 Å². The molecule has 154 valence electrons. The predicted octanol–water partition coefficient (Wildman–Crippen LogP) is 4.01. The quantitative estimate of drug-likeness (QED) is 0.509. The zero-order valence-electron chi connectivity index (χ0n) is 16.1. The largest absolute Gasteiger partial charge is 0.362 e. The number of carbonyl (C=O) groups excluding carboxylic acids is 3. The molecular weight excluding hydrogens is 448 g/mol. The topological polar surface area (TPSA) is 99.3 Å². The van der Waals surface area contributed by atoms with Crippen molar-refractivity contribution in [3.63, 3.8) is 0 Å². The number of anilines is 3. The summed E-state index contributed by atoms with van der Waals surface area (Å²) in [4.78, 5) is 36.7. The fourth-order valence-corrected chi connectivity index (χ4v) is 4.04. The van der Waals surface area contributed by atoms with Gasteiger partial charge in [-0.05, 0) is 68.1 Å². The van der Waals surface area contributed by atoms with E-state index in [1.54, 1.807) is 30.3 Å². The van der Waals surface area contributed by atoms with Crippen LogP contribution in [0.3, 0.4) is 0 Å². The summed E-state index contributed by atoms with van der Waals surface area (Å²) in [5.41, 5.74) is 2.02. The SMILES string of the molecule is O=C(/C=C/C(=O)Nc1ccc2c(c1)C(=O)NC1(CCCC1)N2)Nc1ccc(Br)cc1. The third-order valence-electron chi connectivity index (χ3n) is 5.21. The van der Waals surface area contributed by atoms with E-state index in [2.05, 4.69) is 37.2 Å². The molecule has 8 heteroatoms. The molecule has 3 amide bonds. The number of halogens is 1. The van der Waals surface area contributed by atoms with Crippen molar-refractivity contribution in [3.05, 3.63) is 64.7 Å². The molecule has 1 saturated carbocycles. The van der Waals surface area contributed by atoms with Gasteiger partial charge < -0.3 is 21.3 Å². The summed E-state index contributed by atoms with van der Waals surface area (Å²) < 4.78 is 0.905. The number of amides is 3. The van der Waals surface area contributed by atoms with Gasteiger partial charge in [0.2, 0.25) is 11.8 Å². The van der Waals surface area contributed by atoms with Gasteiger partial charge in [-0.3, -0.25) is 14.4 Å². The van der Waals surface area contributed by atoms with E-state index in [9.17, 15) is 14.4 Å². The molecule has 0 saturated heterocycles. The van der Waals surface area contributed by atoms with Gasteiger partial charge in [-0.15, -0.1) is 0 Å². The van der Waals surface area contributed by atoms with Crippen molar-refractivity contribution in [3.8, 4) is 0 Å². The highest BCUT2D eigenvalue weighted by Crippen LogP contribution is 2.36. The van der Waals surface area contributed by atoms with Crippen molar-refractivity contribution in [2.24, 2.45) is 0 Å². The second-order valence-corrected chi connectivity index (χ2v) is 8.36. The molecule has 1 aliphatic heterocycles. The minimum absolute atomic E-state index is 0.147. The van der Waals surface area contributed by atoms with Gasteiger partial charge in [0, 0.05) is 33.7 Å². The van der Waals surface area contributed by atoms with Crippen molar-refractivity contribution in [1.29, 1.82) is 0 Å². The van der Waals surface area contributed by atoms with Gasteiger partial charge in [-0.2, -0.15) is 0 Å². The van der Waals surface area contributed by atoms with Crippen molar-refractivity contribution >= 4 is 50.7 Å². The highest BCUT2D eigenvalue weighted by molar-refractivity contribution is 9.10. The molecule has 0 aromatic heterocycles. The molecule has 2 aromatic rings. The van der Waals surface area contributed by atoms with Gasteiger partial charge in [0.05, 0.1) is 5.56 Å². The molecule has 1 fully saturated rings. The van der Waals surface area contributed by atoms with E-state index in [0.717, 1.165) is 48.0 Å². The molecule has 2 aromatic carbocycles. The van der Waals surface area contributed by atoms with Crippen molar-refractivity contribution in [2.75, 3.05) is 16.0 Å². The lowest BCUT2D eigenvalue weighted by Gasteiger charge is -2.37. The Balaban J connectivity index is 1.37. The van der Waals surface area contributed by atoms with Crippen LogP contribution in [0, 0.1) is 0 Å². The number of fused-ring (bicyclic) bond motifs is 1. The standard InChI is InChI=1S/C22H21BrN4O3/c23-14-3-5-15(6-4-14)24-19(28)9-10-20(29)25-16-7-8-18-17(13-16)21(30)27-22(26-18)11-1-2-12-22/h3-10,13,26H,1-2,11-12H2,(H,24,28)(H,25,29)(H,27,30)/b10-9+. The van der Waals surface area contributed by atoms with Crippen LogP contribution in [-0.2, 0) is 9.59 Å². The Labute approximate surface area is 182 Å².